The van der Waals surface area contributed by atoms with Crippen molar-refractivity contribution < 1.29 is 14.3 Å². The van der Waals surface area contributed by atoms with E-state index in [1.165, 1.54) is 12.1 Å². The van der Waals surface area contributed by atoms with Gasteiger partial charge in [0.1, 0.15) is 0 Å². The third-order valence-corrected chi connectivity index (χ3v) is 5.01. The van der Waals surface area contributed by atoms with Gasteiger partial charge in [0.05, 0.1) is 11.7 Å². The number of hydrogen-bond donors (Lipinski definition) is 3. The highest BCUT2D eigenvalue weighted by molar-refractivity contribution is 5.85. The van der Waals surface area contributed by atoms with Crippen molar-refractivity contribution in [2.24, 2.45) is 0 Å². The number of halogens is 1. The zero-order chi connectivity index (χ0) is 19.0. The van der Waals surface area contributed by atoms with Crippen LogP contribution >= 0.6 is 0 Å². The molecule has 8 heteroatoms. The van der Waals surface area contributed by atoms with Crippen molar-refractivity contribution in [2.45, 2.75) is 19.4 Å². The highest BCUT2D eigenvalue weighted by Crippen LogP contribution is 2.33. The van der Waals surface area contributed by atoms with Crippen LogP contribution in [-0.2, 0) is 11.2 Å². The monoisotopic (exact) mass is 369 g/mol. The Bertz CT molecular complexity index is 1000. The van der Waals surface area contributed by atoms with Gasteiger partial charge in [0.2, 0.25) is 6.41 Å². The van der Waals surface area contributed by atoms with Crippen LogP contribution in [0.3, 0.4) is 0 Å². The molecule has 1 saturated heterocycles. The lowest BCUT2D eigenvalue weighted by molar-refractivity contribution is -0.121. The van der Waals surface area contributed by atoms with Crippen molar-refractivity contribution in [1.82, 2.24) is 25.4 Å². The highest BCUT2D eigenvalue weighted by Gasteiger charge is 2.27. The molecule has 27 heavy (non-hydrogen) atoms. The lowest BCUT2D eigenvalue weighted by Crippen LogP contribution is -2.45. The minimum absolute atomic E-state index is 0.162. The quantitative estimate of drug-likeness (QED) is 0.613. The van der Waals surface area contributed by atoms with Crippen LogP contribution in [0.15, 0.2) is 24.3 Å². The molecule has 1 aromatic carbocycles. The van der Waals surface area contributed by atoms with E-state index >= 15 is 0 Å². The van der Waals surface area contributed by atoms with Gasteiger partial charge in [-0.3, -0.25) is 9.89 Å². The van der Waals surface area contributed by atoms with Crippen LogP contribution in [0.1, 0.15) is 24.2 Å². The first-order chi connectivity index (χ1) is 13.1. The maximum absolute atomic E-state index is 13.8. The predicted octanol–water partition coefficient (Wildman–Crippen LogP) is 2.13. The summed E-state index contributed by atoms with van der Waals surface area (Å²) in [5, 5.41) is 21.0. The fourth-order valence-electron chi connectivity index (χ4n) is 3.58. The van der Waals surface area contributed by atoms with Gasteiger partial charge in [0.15, 0.2) is 17.2 Å². The van der Waals surface area contributed by atoms with E-state index in [4.69, 9.17) is 0 Å². The van der Waals surface area contributed by atoms with Crippen LogP contribution in [-0.4, -0.2) is 51.2 Å². The molecule has 1 unspecified atom stereocenters. The van der Waals surface area contributed by atoms with Crippen LogP contribution in [0.25, 0.3) is 22.3 Å². The van der Waals surface area contributed by atoms with Crippen LogP contribution in [0, 0.1) is 5.82 Å². The van der Waals surface area contributed by atoms with Gasteiger partial charge >= 0.3 is 0 Å². The molecule has 1 aliphatic heterocycles. The number of pyridine rings is 1. The zero-order valence-corrected chi connectivity index (χ0v) is 14.9. The average Bonchev–Trinajstić information content (AvgIpc) is 3.12. The maximum Gasteiger partial charge on any atom is 0.210 e. The second-order valence-electron chi connectivity index (χ2n) is 6.58. The van der Waals surface area contributed by atoms with E-state index in [0.29, 0.717) is 30.0 Å². The van der Waals surface area contributed by atoms with Gasteiger partial charge in [0, 0.05) is 36.3 Å². The number of piperazine rings is 1. The number of nitrogens with one attached hydrogen (secondary N) is 2. The number of benzene rings is 1. The summed E-state index contributed by atoms with van der Waals surface area (Å²) >= 11 is 0. The molecule has 1 amide bonds. The third kappa shape index (κ3) is 3.02. The van der Waals surface area contributed by atoms with Gasteiger partial charge < -0.3 is 15.3 Å². The molecule has 1 fully saturated rings. The number of phenolic OH excluding ortho intramolecular Hbond substituents is 1. The Morgan fingerprint density at radius 3 is 3.00 bits per heavy atom. The number of aryl methyl sites for hydroxylation is 1. The number of aromatic amines is 1. The van der Waals surface area contributed by atoms with Crippen molar-refractivity contribution in [2.75, 3.05) is 19.6 Å². The summed E-state index contributed by atoms with van der Waals surface area (Å²) in [6, 6.07) is 5.89. The molecular formula is C19H20FN5O2. The zero-order valence-electron chi connectivity index (χ0n) is 14.9. The van der Waals surface area contributed by atoms with E-state index < -0.39 is 11.6 Å². The molecule has 3 aromatic rings. The number of phenols is 1. The molecule has 0 saturated carbocycles. The molecule has 1 aliphatic rings. The van der Waals surface area contributed by atoms with E-state index in [2.05, 4.69) is 20.5 Å². The van der Waals surface area contributed by atoms with Gasteiger partial charge in [-0.15, -0.1) is 0 Å². The molecule has 7 nitrogen and oxygen atoms in total. The standard InChI is InChI=1S/C19H20FN5O2/c1-2-14-18-12(16-9-21-5-6-25(16)10-26)8-15(22-19(18)24-23-14)11-3-4-17(27)13(20)7-11/h3-4,7-8,10,16,21,27H,2,5-6,9H2,1H3,(H,22,23,24). The van der Waals surface area contributed by atoms with Crippen molar-refractivity contribution in [1.29, 1.82) is 0 Å². The Labute approximate surface area is 155 Å². The first-order valence-corrected chi connectivity index (χ1v) is 8.91. The first-order valence-electron chi connectivity index (χ1n) is 8.91. The summed E-state index contributed by atoms with van der Waals surface area (Å²) < 4.78 is 13.8. The lowest BCUT2D eigenvalue weighted by atomic mass is 9.97. The Morgan fingerprint density at radius 2 is 2.26 bits per heavy atom. The summed E-state index contributed by atoms with van der Waals surface area (Å²) in [6.45, 7) is 4.00. The van der Waals surface area contributed by atoms with Crippen molar-refractivity contribution in [3.8, 4) is 17.0 Å². The number of aromatic hydroxyl groups is 1. The molecule has 140 valence electrons. The Morgan fingerprint density at radius 1 is 1.41 bits per heavy atom. The van der Waals surface area contributed by atoms with Crippen LogP contribution in [0.2, 0.25) is 0 Å². The first kappa shape index (κ1) is 17.4. The van der Waals surface area contributed by atoms with Gasteiger partial charge in [-0.2, -0.15) is 5.10 Å². The van der Waals surface area contributed by atoms with Gasteiger partial charge in [0.25, 0.3) is 0 Å². The average molecular weight is 369 g/mol. The van der Waals surface area contributed by atoms with Crippen molar-refractivity contribution >= 4 is 17.4 Å². The number of rotatable bonds is 4. The van der Waals surface area contributed by atoms with Crippen LogP contribution < -0.4 is 5.32 Å². The number of carbonyl (C=O) groups excluding carboxylic acids is 1. The van der Waals surface area contributed by atoms with Gasteiger partial charge in [-0.25, -0.2) is 9.37 Å². The number of fused-ring (bicyclic) bond motifs is 1. The summed E-state index contributed by atoms with van der Waals surface area (Å²) in [5.41, 5.74) is 3.49. The predicted molar refractivity (Wildman–Crippen MR) is 98.7 cm³/mol. The summed E-state index contributed by atoms with van der Waals surface area (Å²) in [5.74, 6) is -1.11. The maximum atomic E-state index is 13.8. The van der Waals surface area contributed by atoms with Crippen LogP contribution in [0.5, 0.6) is 5.75 Å². The number of H-pyrrole nitrogens is 1. The molecule has 0 spiro atoms. The number of aromatic nitrogens is 3. The number of hydrogen-bond acceptors (Lipinski definition) is 5. The second kappa shape index (κ2) is 6.96. The Hall–Kier alpha value is -3.00. The molecule has 0 radical (unpaired) electrons. The largest absolute Gasteiger partial charge is 0.505 e. The van der Waals surface area contributed by atoms with E-state index in [9.17, 15) is 14.3 Å². The topological polar surface area (TPSA) is 94.1 Å². The van der Waals surface area contributed by atoms with E-state index in [1.807, 2.05) is 13.0 Å². The lowest BCUT2D eigenvalue weighted by Gasteiger charge is -2.34. The Balaban J connectivity index is 1.92. The van der Waals surface area contributed by atoms with Crippen molar-refractivity contribution in [3.63, 3.8) is 0 Å². The minimum atomic E-state index is -0.707. The van der Waals surface area contributed by atoms with E-state index in [-0.39, 0.29) is 6.04 Å². The van der Waals surface area contributed by atoms with E-state index in [1.54, 1.807) is 11.0 Å². The molecular weight excluding hydrogens is 349 g/mol. The number of amides is 1. The third-order valence-electron chi connectivity index (χ3n) is 5.01. The molecule has 0 bridgehead atoms. The highest BCUT2D eigenvalue weighted by atomic mass is 19.1. The summed E-state index contributed by atoms with van der Waals surface area (Å²) in [6.07, 6.45) is 1.61. The normalized spacial score (nSPS) is 17.4. The molecule has 2 aromatic heterocycles. The van der Waals surface area contributed by atoms with Gasteiger partial charge in [-0.05, 0) is 36.2 Å². The fraction of sp³-hybridized carbons (Fsp3) is 0.316. The molecule has 3 heterocycles. The smallest absolute Gasteiger partial charge is 0.210 e. The minimum Gasteiger partial charge on any atom is -0.505 e. The SMILES string of the molecule is CCc1[nH]nc2nc(-c3ccc(O)c(F)c3)cc(C3CNCCN3C=O)c12. The second-order valence-corrected chi connectivity index (χ2v) is 6.58. The number of nitrogens with zero attached hydrogens (tertiary/aromatic N) is 3. The summed E-state index contributed by atoms with van der Waals surface area (Å²) in [7, 11) is 0. The van der Waals surface area contributed by atoms with Crippen molar-refractivity contribution in [3.05, 3.63) is 41.3 Å². The van der Waals surface area contributed by atoms with Crippen LogP contribution in [0.4, 0.5) is 4.39 Å². The number of carbonyl (C=O) groups is 1. The molecule has 1 atom stereocenters. The Kier molecular flexibility index (Phi) is 4.49. The summed E-state index contributed by atoms with van der Waals surface area (Å²) in [4.78, 5) is 17.9. The molecule has 0 aliphatic carbocycles. The van der Waals surface area contributed by atoms with Gasteiger partial charge in [-0.1, -0.05) is 6.92 Å². The molecule has 3 N–H and O–H groups in total. The fourth-order valence-corrected chi connectivity index (χ4v) is 3.58. The molecule has 4 rings (SSSR count). The van der Waals surface area contributed by atoms with E-state index in [0.717, 1.165) is 36.0 Å².